The Morgan fingerprint density at radius 2 is 1.23 bits per heavy atom. The smallest absolute Gasteiger partial charge is 0.408 e. The molecule has 0 aliphatic rings. The molecule has 0 saturated carbocycles. The summed E-state index contributed by atoms with van der Waals surface area (Å²) in [4.78, 5) is 39.8. The van der Waals surface area contributed by atoms with Crippen molar-refractivity contribution >= 4 is 18.0 Å². The van der Waals surface area contributed by atoms with E-state index in [2.05, 4.69) is 5.32 Å². The Morgan fingerprint density at radius 1 is 0.646 bits per heavy atom. The van der Waals surface area contributed by atoms with Crippen molar-refractivity contribution in [3.05, 3.63) is 59.7 Å². The Morgan fingerprint density at radius 3 is 1.79 bits per heavy atom. The standard InChI is InChI=1S/C38H57NO9/c1-35(2,3)45-31-23-27(18-19-30(31)44-21-20-43-25-26-16-14-13-15-17-26)22-28(32(40)46-36(4,5)6)24-29(33(41)47-37(7,8)9)39-34(42)48-38(10,11)12/h13-19,23,28-29H,20-22,24-25H2,1-12H3,(H,39,42)/t28-,29-/m0/s1. The Labute approximate surface area is 287 Å². The van der Waals surface area contributed by atoms with Gasteiger partial charge in [0.15, 0.2) is 11.5 Å². The minimum atomic E-state index is -1.18. The highest BCUT2D eigenvalue weighted by atomic mass is 16.6. The summed E-state index contributed by atoms with van der Waals surface area (Å²) in [6.07, 6.45) is -0.697. The Hall–Kier alpha value is -3.79. The SMILES string of the molecule is CC(C)(C)OC(=O)N[C@@H](C[C@H](Cc1ccc(OCCOCc2ccccc2)c(OC(C)(C)C)c1)C(=O)OC(C)(C)C)C(=O)OC(C)(C)C. The average molecular weight is 672 g/mol. The highest BCUT2D eigenvalue weighted by Crippen LogP contribution is 2.33. The normalized spacial score (nSPS) is 13.6. The number of hydrogen-bond donors (Lipinski definition) is 1. The Bertz CT molecular complexity index is 1330. The molecule has 2 aromatic carbocycles. The first kappa shape index (κ1) is 40.4. The maximum atomic E-state index is 13.6. The largest absolute Gasteiger partial charge is 0.487 e. The molecular formula is C38H57NO9. The van der Waals surface area contributed by atoms with E-state index in [1.807, 2.05) is 63.2 Å². The van der Waals surface area contributed by atoms with Crippen molar-refractivity contribution in [2.24, 2.45) is 5.92 Å². The first-order valence-electron chi connectivity index (χ1n) is 16.5. The van der Waals surface area contributed by atoms with Crippen LogP contribution in [0.4, 0.5) is 4.79 Å². The molecule has 0 heterocycles. The molecule has 0 aliphatic heterocycles. The van der Waals surface area contributed by atoms with Gasteiger partial charge in [0, 0.05) is 0 Å². The first-order chi connectivity index (χ1) is 22.0. The van der Waals surface area contributed by atoms with Crippen molar-refractivity contribution in [3.63, 3.8) is 0 Å². The molecule has 1 N–H and O–H groups in total. The van der Waals surface area contributed by atoms with Crippen molar-refractivity contribution in [2.45, 2.75) is 131 Å². The summed E-state index contributed by atoms with van der Waals surface area (Å²) in [5.41, 5.74) is -1.12. The van der Waals surface area contributed by atoms with Gasteiger partial charge in [-0.3, -0.25) is 4.79 Å². The number of esters is 2. The third kappa shape index (κ3) is 16.9. The second-order valence-corrected chi connectivity index (χ2v) is 15.8. The number of carbonyl (C=O) groups is 3. The minimum Gasteiger partial charge on any atom is -0.487 e. The lowest BCUT2D eigenvalue weighted by Crippen LogP contribution is -2.48. The molecule has 48 heavy (non-hydrogen) atoms. The van der Waals surface area contributed by atoms with E-state index >= 15 is 0 Å². The van der Waals surface area contributed by atoms with Crippen LogP contribution in [0.2, 0.25) is 0 Å². The fourth-order valence-electron chi connectivity index (χ4n) is 4.44. The zero-order valence-electron chi connectivity index (χ0n) is 31.0. The molecule has 10 heteroatoms. The zero-order valence-corrected chi connectivity index (χ0v) is 31.0. The van der Waals surface area contributed by atoms with E-state index < -0.39 is 52.4 Å². The zero-order chi connectivity index (χ0) is 36.3. The number of carbonyl (C=O) groups excluding carboxylic acids is 3. The van der Waals surface area contributed by atoms with Crippen molar-refractivity contribution in [1.29, 1.82) is 0 Å². The fraction of sp³-hybridized carbons (Fsp3) is 0.605. The van der Waals surface area contributed by atoms with Crippen LogP contribution in [0.25, 0.3) is 0 Å². The molecule has 0 aromatic heterocycles. The quantitative estimate of drug-likeness (QED) is 0.123. The van der Waals surface area contributed by atoms with Gasteiger partial charge in [0.05, 0.1) is 19.1 Å². The van der Waals surface area contributed by atoms with Crippen LogP contribution in [-0.2, 0) is 41.6 Å². The molecule has 2 aromatic rings. The number of rotatable bonds is 14. The summed E-state index contributed by atoms with van der Waals surface area (Å²) < 4.78 is 34.9. The minimum absolute atomic E-state index is 0.0878. The molecule has 1 amide bonds. The third-order valence-electron chi connectivity index (χ3n) is 6.15. The lowest BCUT2D eigenvalue weighted by atomic mass is 9.92. The number of hydrogen-bond acceptors (Lipinski definition) is 9. The maximum absolute atomic E-state index is 13.6. The van der Waals surface area contributed by atoms with Gasteiger partial charge in [-0.05, 0) is 119 Å². The molecule has 2 rings (SSSR count). The number of amides is 1. The molecule has 10 nitrogen and oxygen atoms in total. The summed E-state index contributed by atoms with van der Waals surface area (Å²) in [6.45, 7) is 22.7. The third-order valence-corrected chi connectivity index (χ3v) is 6.15. The highest BCUT2D eigenvalue weighted by molar-refractivity contribution is 5.83. The van der Waals surface area contributed by atoms with Crippen LogP contribution in [0.1, 0.15) is 101 Å². The molecular weight excluding hydrogens is 614 g/mol. The number of ether oxygens (including phenoxy) is 6. The van der Waals surface area contributed by atoms with Gasteiger partial charge in [0.1, 0.15) is 35.1 Å². The van der Waals surface area contributed by atoms with Crippen LogP contribution in [0.5, 0.6) is 11.5 Å². The topological polar surface area (TPSA) is 119 Å². The van der Waals surface area contributed by atoms with E-state index in [9.17, 15) is 14.4 Å². The van der Waals surface area contributed by atoms with E-state index in [1.165, 1.54) is 0 Å². The molecule has 0 saturated heterocycles. The first-order valence-corrected chi connectivity index (χ1v) is 16.5. The van der Waals surface area contributed by atoms with Gasteiger partial charge >= 0.3 is 18.0 Å². The Kier molecular flexibility index (Phi) is 14.3. The summed E-state index contributed by atoms with van der Waals surface area (Å²) >= 11 is 0. The van der Waals surface area contributed by atoms with Crippen LogP contribution >= 0.6 is 0 Å². The van der Waals surface area contributed by atoms with Crippen LogP contribution in [0.15, 0.2) is 48.5 Å². The van der Waals surface area contributed by atoms with Gasteiger partial charge in [0.25, 0.3) is 0 Å². The van der Waals surface area contributed by atoms with Gasteiger partial charge in [-0.25, -0.2) is 9.59 Å². The predicted octanol–water partition coefficient (Wildman–Crippen LogP) is 7.59. The van der Waals surface area contributed by atoms with Crippen molar-refractivity contribution < 1.29 is 42.8 Å². The molecule has 0 radical (unpaired) electrons. The van der Waals surface area contributed by atoms with Gasteiger partial charge in [-0.15, -0.1) is 0 Å². The number of alkyl carbamates (subject to hydrolysis) is 1. The molecule has 0 fully saturated rings. The van der Waals surface area contributed by atoms with Gasteiger partial charge in [0.2, 0.25) is 0 Å². The fourth-order valence-corrected chi connectivity index (χ4v) is 4.44. The number of nitrogens with one attached hydrogen (secondary N) is 1. The molecule has 0 unspecified atom stereocenters. The summed E-state index contributed by atoms with van der Waals surface area (Å²) in [5.74, 6) is -1.00. The lowest BCUT2D eigenvalue weighted by molar-refractivity contribution is -0.162. The monoisotopic (exact) mass is 671 g/mol. The van der Waals surface area contributed by atoms with Crippen molar-refractivity contribution in [1.82, 2.24) is 5.32 Å². The van der Waals surface area contributed by atoms with E-state index in [0.717, 1.165) is 11.1 Å². The molecule has 2 atom stereocenters. The van der Waals surface area contributed by atoms with Crippen LogP contribution in [0.3, 0.4) is 0 Å². The van der Waals surface area contributed by atoms with Gasteiger partial charge < -0.3 is 33.7 Å². The van der Waals surface area contributed by atoms with Gasteiger partial charge in [-0.2, -0.15) is 0 Å². The average Bonchev–Trinajstić information content (AvgIpc) is 2.89. The van der Waals surface area contributed by atoms with E-state index in [4.69, 9.17) is 28.4 Å². The summed E-state index contributed by atoms with van der Waals surface area (Å²) in [7, 11) is 0. The van der Waals surface area contributed by atoms with E-state index in [-0.39, 0.29) is 12.8 Å². The molecule has 0 aliphatic carbocycles. The summed E-state index contributed by atoms with van der Waals surface area (Å²) in [6, 6.07) is 14.2. The second kappa shape index (κ2) is 17.0. The van der Waals surface area contributed by atoms with E-state index in [1.54, 1.807) is 68.4 Å². The van der Waals surface area contributed by atoms with Crippen LogP contribution in [-0.4, -0.2) is 59.7 Å². The molecule has 0 spiro atoms. The second-order valence-electron chi connectivity index (χ2n) is 15.8. The lowest BCUT2D eigenvalue weighted by Gasteiger charge is -2.29. The molecule has 0 bridgehead atoms. The maximum Gasteiger partial charge on any atom is 0.408 e. The highest BCUT2D eigenvalue weighted by Gasteiger charge is 2.35. The van der Waals surface area contributed by atoms with Gasteiger partial charge in [-0.1, -0.05) is 36.4 Å². The predicted molar refractivity (Wildman–Crippen MR) is 185 cm³/mol. The van der Waals surface area contributed by atoms with Crippen molar-refractivity contribution in [2.75, 3.05) is 13.2 Å². The van der Waals surface area contributed by atoms with Crippen molar-refractivity contribution in [3.8, 4) is 11.5 Å². The van der Waals surface area contributed by atoms with Crippen LogP contribution in [0, 0.1) is 5.92 Å². The summed E-state index contributed by atoms with van der Waals surface area (Å²) in [5, 5.41) is 2.63. The van der Waals surface area contributed by atoms with Crippen LogP contribution < -0.4 is 14.8 Å². The van der Waals surface area contributed by atoms with E-state index in [0.29, 0.717) is 31.3 Å². The number of benzene rings is 2. The molecule has 268 valence electrons. The Balaban J connectivity index is 2.34.